The maximum absolute atomic E-state index is 7.69. The summed E-state index contributed by atoms with van der Waals surface area (Å²) >= 11 is 0. The molecule has 1 aromatic heterocycles. The minimum atomic E-state index is 0.737. The SMILES string of the molecule is Cc1nccc(CN2CCCC2=N)n1. The molecule has 1 fully saturated rings. The van der Waals surface area contributed by atoms with E-state index in [1.807, 2.05) is 13.0 Å². The van der Waals surface area contributed by atoms with Crippen molar-refractivity contribution < 1.29 is 0 Å². The highest BCUT2D eigenvalue weighted by Crippen LogP contribution is 2.12. The summed E-state index contributed by atoms with van der Waals surface area (Å²) in [6.45, 7) is 3.63. The first-order valence-corrected chi connectivity index (χ1v) is 4.86. The fourth-order valence-electron chi connectivity index (χ4n) is 1.69. The maximum Gasteiger partial charge on any atom is 0.125 e. The van der Waals surface area contributed by atoms with Gasteiger partial charge in [-0.1, -0.05) is 0 Å². The van der Waals surface area contributed by atoms with Crippen molar-refractivity contribution in [1.29, 1.82) is 5.41 Å². The van der Waals surface area contributed by atoms with Gasteiger partial charge in [0.25, 0.3) is 0 Å². The van der Waals surface area contributed by atoms with Crippen LogP contribution < -0.4 is 0 Å². The van der Waals surface area contributed by atoms with Gasteiger partial charge in [0.2, 0.25) is 0 Å². The lowest BCUT2D eigenvalue weighted by atomic mass is 10.3. The summed E-state index contributed by atoms with van der Waals surface area (Å²) in [5.74, 6) is 1.54. The van der Waals surface area contributed by atoms with Crippen LogP contribution in [0.15, 0.2) is 12.3 Å². The number of hydrogen-bond donors (Lipinski definition) is 1. The van der Waals surface area contributed by atoms with Crippen molar-refractivity contribution in [2.24, 2.45) is 0 Å². The summed E-state index contributed by atoms with van der Waals surface area (Å²) in [6, 6.07) is 1.92. The summed E-state index contributed by atoms with van der Waals surface area (Å²) in [6.07, 6.45) is 3.78. The van der Waals surface area contributed by atoms with E-state index in [0.717, 1.165) is 43.3 Å². The first-order valence-electron chi connectivity index (χ1n) is 4.86. The van der Waals surface area contributed by atoms with Crippen LogP contribution in [-0.2, 0) is 6.54 Å². The zero-order chi connectivity index (χ0) is 9.97. The summed E-state index contributed by atoms with van der Waals surface area (Å²) in [5.41, 5.74) is 1.00. The number of aryl methyl sites for hydroxylation is 1. The Bertz CT molecular complexity index is 348. The second-order valence-electron chi connectivity index (χ2n) is 3.57. The molecule has 1 N–H and O–H groups in total. The lowest BCUT2D eigenvalue weighted by Crippen LogP contribution is -2.24. The quantitative estimate of drug-likeness (QED) is 0.766. The molecule has 0 radical (unpaired) electrons. The molecule has 0 unspecified atom stereocenters. The van der Waals surface area contributed by atoms with E-state index in [2.05, 4.69) is 14.9 Å². The van der Waals surface area contributed by atoms with Crippen molar-refractivity contribution in [3.63, 3.8) is 0 Å². The van der Waals surface area contributed by atoms with E-state index in [1.165, 1.54) is 0 Å². The van der Waals surface area contributed by atoms with E-state index >= 15 is 0 Å². The molecule has 2 heterocycles. The van der Waals surface area contributed by atoms with Gasteiger partial charge in [-0.2, -0.15) is 0 Å². The van der Waals surface area contributed by atoms with Crippen molar-refractivity contribution in [3.05, 3.63) is 23.8 Å². The molecule has 1 aliphatic rings. The first kappa shape index (κ1) is 9.12. The molecule has 1 saturated heterocycles. The third-order valence-electron chi connectivity index (χ3n) is 2.41. The number of nitrogens with zero attached hydrogens (tertiary/aromatic N) is 3. The molecule has 0 amide bonds. The predicted molar refractivity (Wildman–Crippen MR) is 54.1 cm³/mol. The number of hydrogen-bond acceptors (Lipinski definition) is 3. The first-order chi connectivity index (χ1) is 6.75. The standard InChI is InChI=1S/C10H14N4/c1-8-12-5-4-9(13-8)7-14-6-2-3-10(14)11/h4-5,11H,2-3,6-7H2,1H3. The third-order valence-corrected chi connectivity index (χ3v) is 2.41. The van der Waals surface area contributed by atoms with Gasteiger partial charge in [0.05, 0.1) is 18.1 Å². The highest BCUT2D eigenvalue weighted by Gasteiger charge is 2.16. The third kappa shape index (κ3) is 1.89. The molecule has 14 heavy (non-hydrogen) atoms. The summed E-state index contributed by atoms with van der Waals surface area (Å²) in [7, 11) is 0. The Hall–Kier alpha value is -1.45. The van der Waals surface area contributed by atoms with Gasteiger partial charge in [0.1, 0.15) is 5.82 Å². The Morgan fingerprint density at radius 1 is 1.57 bits per heavy atom. The summed E-state index contributed by atoms with van der Waals surface area (Å²) < 4.78 is 0. The van der Waals surface area contributed by atoms with E-state index < -0.39 is 0 Å². The average Bonchev–Trinajstić information content (AvgIpc) is 2.52. The Morgan fingerprint density at radius 3 is 3.07 bits per heavy atom. The molecule has 1 aliphatic heterocycles. The second-order valence-corrected chi connectivity index (χ2v) is 3.57. The van der Waals surface area contributed by atoms with Crippen LogP contribution in [0.4, 0.5) is 0 Å². The van der Waals surface area contributed by atoms with Crippen molar-refractivity contribution in [1.82, 2.24) is 14.9 Å². The van der Waals surface area contributed by atoms with Gasteiger partial charge in [0.15, 0.2) is 0 Å². The van der Waals surface area contributed by atoms with Gasteiger partial charge >= 0.3 is 0 Å². The van der Waals surface area contributed by atoms with Gasteiger partial charge in [-0.3, -0.25) is 5.41 Å². The molecule has 1 aromatic rings. The molecule has 4 heteroatoms. The monoisotopic (exact) mass is 190 g/mol. The number of nitrogens with one attached hydrogen (secondary N) is 1. The molecule has 4 nitrogen and oxygen atoms in total. The van der Waals surface area contributed by atoms with Crippen LogP contribution in [0.2, 0.25) is 0 Å². The van der Waals surface area contributed by atoms with E-state index in [1.54, 1.807) is 6.20 Å². The number of likely N-dealkylation sites (tertiary alicyclic amines) is 1. The van der Waals surface area contributed by atoms with Gasteiger partial charge in [-0.15, -0.1) is 0 Å². The summed E-state index contributed by atoms with van der Waals surface area (Å²) in [5, 5.41) is 7.69. The molecule has 0 bridgehead atoms. The van der Waals surface area contributed by atoms with Crippen molar-refractivity contribution in [2.45, 2.75) is 26.3 Å². The molecule has 0 saturated carbocycles. The molecular weight excluding hydrogens is 176 g/mol. The van der Waals surface area contributed by atoms with E-state index in [4.69, 9.17) is 5.41 Å². The van der Waals surface area contributed by atoms with E-state index in [9.17, 15) is 0 Å². The van der Waals surface area contributed by atoms with Crippen LogP contribution in [0.1, 0.15) is 24.4 Å². The van der Waals surface area contributed by atoms with Crippen molar-refractivity contribution in [3.8, 4) is 0 Å². The molecule has 0 aromatic carbocycles. The molecule has 2 rings (SSSR count). The topological polar surface area (TPSA) is 52.9 Å². The Morgan fingerprint density at radius 2 is 2.43 bits per heavy atom. The highest BCUT2D eigenvalue weighted by molar-refractivity contribution is 5.80. The highest BCUT2D eigenvalue weighted by atomic mass is 15.2. The molecule has 74 valence electrons. The zero-order valence-electron chi connectivity index (χ0n) is 8.32. The Kier molecular flexibility index (Phi) is 2.43. The van der Waals surface area contributed by atoms with Crippen LogP contribution in [0, 0.1) is 12.3 Å². The van der Waals surface area contributed by atoms with Crippen LogP contribution in [0.3, 0.4) is 0 Å². The predicted octanol–water partition coefficient (Wildman–Crippen LogP) is 1.36. The normalized spacial score (nSPS) is 16.4. The average molecular weight is 190 g/mol. The van der Waals surface area contributed by atoms with Gasteiger partial charge in [0, 0.05) is 19.2 Å². The molecule has 0 spiro atoms. The molecule has 0 aliphatic carbocycles. The number of aromatic nitrogens is 2. The van der Waals surface area contributed by atoms with E-state index in [-0.39, 0.29) is 0 Å². The Labute approximate surface area is 83.5 Å². The maximum atomic E-state index is 7.69. The lowest BCUT2D eigenvalue weighted by Gasteiger charge is -2.16. The largest absolute Gasteiger partial charge is 0.355 e. The Balaban J connectivity index is 2.07. The van der Waals surface area contributed by atoms with E-state index in [0.29, 0.717) is 0 Å². The van der Waals surface area contributed by atoms with Crippen molar-refractivity contribution in [2.75, 3.05) is 6.54 Å². The fraction of sp³-hybridized carbons (Fsp3) is 0.500. The molecule has 0 atom stereocenters. The van der Waals surface area contributed by atoms with Crippen molar-refractivity contribution >= 4 is 5.84 Å². The lowest BCUT2D eigenvalue weighted by molar-refractivity contribution is 0.439. The van der Waals surface area contributed by atoms with Gasteiger partial charge in [-0.05, 0) is 19.4 Å². The molecular formula is C10H14N4. The van der Waals surface area contributed by atoms with Crippen LogP contribution >= 0.6 is 0 Å². The number of rotatable bonds is 2. The minimum absolute atomic E-state index is 0.737. The second kappa shape index (κ2) is 3.74. The summed E-state index contributed by atoms with van der Waals surface area (Å²) in [4.78, 5) is 10.4. The zero-order valence-corrected chi connectivity index (χ0v) is 8.32. The van der Waals surface area contributed by atoms with Crippen LogP contribution in [0.5, 0.6) is 0 Å². The van der Waals surface area contributed by atoms with Crippen LogP contribution in [-0.4, -0.2) is 27.2 Å². The van der Waals surface area contributed by atoms with Crippen LogP contribution in [0.25, 0.3) is 0 Å². The number of amidine groups is 1. The fourth-order valence-corrected chi connectivity index (χ4v) is 1.69. The van der Waals surface area contributed by atoms with Gasteiger partial charge < -0.3 is 4.90 Å². The van der Waals surface area contributed by atoms with Gasteiger partial charge in [-0.25, -0.2) is 9.97 Å². The smallest absolute Gasteiger partial charge is 0.125 e. The minimum Gasteiger partial charge on any atom is -0.355 e.